The smallest absolute Gasteiger partial charge is 0.0751 e. The average molecular weight is 200 g/mol. The molecule has 1 aliphatic rings. The van der Waals surface area contributed by atoms with E-state index in [0.29, 0.717) is 0 Å². The van der Waals surface area contributed by atoms with Gasteiger partial charge in [-0.3, -0.25) is 0 Å². The van der Waals surface area contributed by atoms with Crippen molar-refractivity contribution < 1.29 is 14.9 Å². The lowest BCUT2D eigenvalue weighted by molar-refractivity contribution is -0.101. The molecule has 0 bridgehead atoms. The van der Waals surface area contributed by atoms with Gasteiger partial charge in [0.2, 0.25) is 0 Å². The molecule has 0 aliphatic heterocycles. The molecular weight excluding hydrogens is 180 g/mol. The maximum Gasteiger partial charge on any atom is 0.0751 e. The third-order valence-corrected chi connectivity index (χ3v) is 2.36. The van der Waals surface area contributed by atoms with E-state index in [1.807, 2.05) is 32.9 Å². The molecule has 1 rings (SSSR count). The number of rotatable bonds is 3. The lowest BCUT2D eigenvalue weighted by Gasteiger charge is -2.31. The largest absolute Gasteiger partial charge is 0.396 e. The highest BCUT2D eigenvalue weighted by molar-refractivity contribution is 5.08. The first kappa shape index (κ1) is 11.7. The molecule has 14 heavy (non-hydrogen) atoms. The van der Waals surface area contributed by atoms with Crippen molar-refractivity contribution in [3.8, 4) is 0 Å². The van der Waals surface area contributed by atoms with Gasteiger partial charge in [0.25, 0.3) is 0 Å². The van der Waals surface area contributed by atoms with Crippen LogP contribution in [0.5, 0.6) is 0 Å². The third kappa shape index (κ3) is 2.80. The minimum Gasteiger partial charge on any atom is -0.396 e. The van der Waals surface area contributed by atoms with E-state index in [-0.39, 0.29) is 36.8 Å². The SMILES string of the molecule is CC(C)(C)OC1[C@@H](CO)C=C[C@H]1CO. The highest BCUT2D eigenvalue weighted by Crippen LogP contribution is 2.30. The van der Waals surface area contributed by atoms with Crippen LogP contribution in [0.15, 0.2) is 12.2 Å². The Morgan fingerprint density at radius 2 is 1.50 bits per heavy atom. The van der Waals surface area contributed by atoms with Crippen molar-refractivity contribution in [2.24, 2.45) is 11.8 Å². The maximum absolute atomic E-state index is 9.13. The second kappa shape index (κ2) is 4.43. The fourth-order valence-electron chi connectivity index (χ4n) is 1.73. The van der Waals surface area contributed by atoms with E-state index in [0.717, 1.165) is 0 Å². The molecule has 82 valence electrons. The topological polar surface area (TPSA) is 49.7 Å². The second-order valence-electron chi connectivity index (χ2n) is 4.77. The summed E-state index contributed by atoms with van der Waals surface area (Å²) in [6, 6.07) is 0. The highest BCUT2D eigenvalue weighted by Gasteiger charge is 2.34. The zero-order valence-electron chi connectivity index (χ0n) is 9.10. The van der Waals surface area contributed by atoms with Gasteiger partial charge in [0.05, 0.1) is 24.9 Å². The van der Waals surface area contributed by atoms with E-state index in [9.17, 15) is 0 Å². The quantitative estimate of drug-likeness (QED) is 0.667. The zero-order chi connectivity index (χ0) is 10.8. The lowest BCUT2D eigenvalue weighted by Crippen LogP contribution is -2.36. The van der Waals surface area contributed by atoms with Crippen molar-refractivity contribution in [1.29, 1.82) is 0 Å². The van der Waals surface area contributed by atoms with E-state index >= 15 is 0 Å². The Morgan fingerprint density at radius 1 is 1.07 bits per heavy atom. The first-order chi connectivity index (χ1) is 6.48. The average Bonchev–Trinajstić information content (AvgIpc) is 2.44. The molecule has 0 heterocycles. The fraction of sp³-hybridized carbons (Fsp3) is 0.818. The number of hydrogen-bond acceptors (Lipinski definition) is 3. The minimum atomic E-state index is -0.239. The Labute approximate surface area is 85.4 Å². The van der Waals surface area contributed by atoms with Crippen LogP contribution in [0.1, 0.15) is 20.8 Å². The summed E-state index contributed by atoms with van der Waals surface area (Å²) in [7, 11) is 0. The first-order valence-corrected chi connectivity index (χ1v) is 5.06. The fourth-order valence-corrected chi connectivity index (χ4v) is 1.73. The van der Waals surface area contributed by atoms with E-state index < -0.39 is 0 Å². The third-order valence-electron chi connectivity index (χ3n) is 2.36. The molecule has 0 radical (unpaired) electrons. The van der Waals surface area contributed by atoms with Crippen molar-refractivity contribution in [3.05, 3.63) is 12.2 Å². The van der Waals surface area contributed by atoms with Crippen LogP contribution in [0.25, 0.3) is 0 Å². The van der Waals surface area contributed by atoms with Crippen molar-refractivity contribution in [2.45, 2.75) is 32.5 Å². The zero-order valence-corrected chi connectivity index (χ0v) is 9.10. The van der Waals surface area contributed by atoms with Crippen LogP contribution in [0.3, 0.4) is 0 Å². The van der Waals surface area contributed by atoms with Gasteiger partial charge in [-0.25, -0.2) is 0 Å². The van der Waals surface area contributed by atoms with Crippen LogP contribution in [0, 0.1) is 11.8 Å². The van der Waals surface area contributed by atoms with Gasteiger partial charge in [-0.05, 0) is 20.8 Å². The summed E-state index contributed by atoms with van der Waals surface area (Å²) >= 11 is 0. The Balaban J connectivity index is 2.63. The Bertz CT molecular complexity index is 191. The summed E-state index contributed by atoms with van der Waals surface area (Å²) in [6.45, 7) is 6.10. The van der Waals surface area contributed by atoms with Gasteiger partial charge >= 0.3 is 0 Å². The molecule has 1 aliphatic carbocycles. The molecule has 0 saturated heterocycles. The van der Waals surface area contributed by atoms with E-state index in [4.69, 9.17) is 14.9 Å². The Hall–Kier alpha value is -0.380. The molecular formula is C11H20O3. The van der Waals surface area contributed by atoms with Crippen LogP contribution in [0.4, 0.5) is 0 Å². The Kier molecular flexibility index (Phi) is 3.70. The van der Waals surface area contributed by atoms with Crippen LogP contribution in [-0.4, -0.2) is 35.1 Å². The van der Waals surface area contributed by atoms with Gasteiger partial charge in [-0.2, -0.15) is 0 Å². The molecule has 3 atom stereocenters. The predicted molar refractivity (Wildman–Crippen MR) is 54.9 cm³/mol. The van der Waals surface area contributed by atoms with Gasteiger partial charge in [0.15, 0.2) is 0 Å². The van der Waals surface area contributed by atoms with Gasteiger partial charge in [-0.15, -0.1) is 0 Å². The van der Waals surface area contributed by atoms with E-state index in [2.05, 4.69) is 0 Å². The first-order valence-electron chi connectivity index (χ1n) is 5.06. The molecule has 0 amide bonds. The molecule has 0 saturated carbocycles. The second-order valence-corrected chi connectivity index (χ2v) is 4.77. The number of hydrogen-bond donors (Lipinski definition) is 2. The van der Waals surface area contributed by atoms with Gasteiger partial charge in [-0.1, -0.05) is 12.2 Å². The summed E-state index contributed by atoms with van der Waals surface area (Å²) < 4.78 is 5.82. The van der Waals surface area contributed by atoms with Crippen LogP contribution < -0.4 is 0 Å². The molecule has 0 aromatic carbocycles. The molecule has 3 heteroatoms. The van der Waals surface area contributed by atoms with Crippen molar-refractivity contribution >= 4 is 0 Å². The summed E-state index contributed by atoms with van der Waals surface area (Å²) in [4.78, 5) is 0. The van der Waals surface area contributed by atoms with Crippen molar-refractivity contribution in [3.63, 3.8) is 0 Å². The van der Waals surface area contributed by atoms with E-state index in [1.165, 1.54) is 0 Å². The molecule has 0 aromatic rings. The minimum absolute atomic E-state index is 0.0198. The van der Waals surface area contributed by atoms with Crippen LogP contribution >= 0.6 is 0 Å². The standard InChI is InChI=1S/C11H20O3/c1-11(2,3)14-10-8(6-12)4-5-9(10)7-13/h4-5,8-10,12-13H,6-7H2,1-3H3/t8-,9+,10?. The van der Waals surface area contributed by atoms with Gasteiger partial charge in [0, 0.05) is 11.8 Å². The van der Waals surface area contributed by atoms with E-state index in [1.54, 1.807) is 0 Å². The molecule has 0 fully saturated rings. The summed E-state index contributed by atoms with van der Waals surface area (Å²) in [6.07, 6.45) is 3.76. The van der Waals surface area contributed by atoms with Crippen LogP contribution in [-0.2, 0) is 4.74 Å². The summed E-state index contributed by atoms with van der Waals surface area (Å²) in [5.74, 6) is 0.0396. The molecule has 1 unspecified atom stereocenters. The van der Waals surface area contributed by atoms with Gasteiger partial charge in [0.1, 0.15) is 0 Å². The molecule has 0 aromatic heterocycles. The predicted octanol–water partition coefficient (Wildman–Crippen LogP) is 0.957. The number of aliphatic hydroxyl groups is 2. The summed E-state index contributed by atoms with van der Waals surface area (Å²) in [5.41, 5.74) is -0.239. The number of aliphatic hydroxyl groups excluding tert-OH is 2. The molecule has 2 N–H and O–H groups in total. The summed E-state index contributed by atoms with van der Waals surface area (Å²) in [5, 5.41) is 18.3. The lowest BCUT2D eigenvalue weighted by atomic mass is 9.99. The Morgan fingerprint density at radius 3 is 1.79 bits per heavy atom. The van der Waals surface area contributed by atoms with Crippen molar-refractivity contribution in [1.82, 2.24) is 0 Å². The number of ether oxygens (including phenoxy) is 1. The monoisotopic (exact) mass is 200 g/mol. The van der Waals surface area contributed by atoms with Crippen LogP contribution in [0.2, 0.25) is 0 Å². The highest BCUT2D eigenvalue weighted by atomic mass is 16.5. The molecule has 0 spiro atoms. The van der Waals surface area contributed by atoms with Crippen molar-refractivity contribution in [2.75, 3.05) is 13.2 Å². The maximum atomic E-state index is 9.13. The molecule has 3 nitrogen and oxygen atoms in total. The normalized spacial score (nSPS) is 32.5. The van der Waals surface area contributed by atoms with Gasteiger partial charge < -0.3 is 14.9 Å².